The van der Waals surface area contributed by atoms with Crippen LogP contribution in [0.15, 0.2) is 53.6 Å². The summed E-state index contributed by atoms with van der Waals surface area (Å²) < 4.78 is 0. The summed E-state index contributed by atoms with van der Waals surface area (Å²) in [7, 11) is 0. The predicted octanol–water partition coefficient (Wildman–Crippen LogP) is 2.57. The highest BCUT2D eigenvalue weighted by molar-refractivity contribution is 5.84. The number of carbonyl (C=O) groups is 1. The normalized spacial score (nSPS) is 15.9. The van der Waals surface area contributed by atoms with Gasteiger partial charge >= 0.3 is 0 Å². The van der Waals surface area contributed by atoms with E-state index in [-0.39, 0.29) is 5.91 Å². The first kappa shape index (κ1) is 19.3. The van der Waals surface area contributed by atoms with Crippen molar-refractivity contribution in [3.8, 4) is 0 Å². The maximum atomic E-state index is 12.1. The van der Waals surface area contributed by atoms with Crippen molar-refractivity contribution >= 4 is 12.1 Å². The molecule has 5 heteroatoms. The van der Waals surface area contributed by atoms with E-state index in [4.69, 9.17) is 0 Å². The number of benzene rings is 2. The van der Waals surface area contributed by atoms with Crippen LogP contribution in [0.4, 0.5) is 0 Å². The van der Waals surface area contributed by atoms with Crippen LogP contribution >= 0.6 is 0 Å². The van der Waals surface area contributed by atoms with Gasteiger partial charge in [0, 0.05) is 32.7 Å². The molecule has 0 bridgehead atoms. The topological polar surface area (TPSA) is 47.9 Å². The lowest BCUT2D eigenvalue weighted by molar-refractivity contribution is -0.122. The van der Waals surface area contributed by atoms with Gasteiger partial charge in [-0.2, -0.15) is 5.10 Å². The van der Waals surface area contributed by atoms with Crippen LogP contribution in [0.2, 0.25) is 0 Å². The number of nitrogens with zero attached hydrogens (tertiary/aromatic N) is 3. The van der Waals surface area contributed by atoms with Gasteiger partial charge in [0.25, 0.3) is 5.91 Å². The predicted molar refractivity (Wildman–Crippen MR) is 110 cm³/mol. The number of rotatable bonds is 6. The van der Waals surface area contributed by atoms with E-state index in [9.17, 15) is 4.79 Å². The van der Waals surface area contributed by atoms with Gasteiger partial charge in [0.05, 0.1) is 12.8 Å². The standard InChI is InChI=1S/C22H28N4O/c1-18-7-9-20(10-8-18)16-25-11-13-26(14-12-25)17-22(27)24-23-15-21-6-4-3-5-19(21)2/h3-10,15H,11-14,16-17H2,1-2H3,(H,24,27)/b23-15-. The fraction of sp³-hybridized carbons (Fsp3) is 0.364. The molecule has 0 aliphatic carbocycles. The average molecular weight is 364 g/mol. The van der Waals surface area contributed by atoms with Gasteiger partial charge in [0.2, 0.25) is 0 Å². The zero-order valence-electron chi connectivity index (χ0n) is 16.2. The number of carbonyl (C=O) groups excluding carboxylic acids is 1. The number of amides is 1. The lowest BCUT2D eigenvalue weighted by Crippen LogP contribution is -2.48. The molecule has 142 valence electrons. The van der Waals surface area contributed by atoms with E-state index in [1.807, 2.05) is 31.2 Å². The molecule has 1 saturated heterocycles. The van der Waals surface area contributed by atoms with E-state index < -0.39 is 0 Å². The molecule has 1 N–H and O–H groups in total. The van der Waals surface area contributed by atoms with Crippen molar-refractivity contribution in [1.82, 2.24) is 15.2 Å². The first-order valence-electron chi connectivity index (χ1n) is 9.48. The smallest absolute Gasteiger partial charge is 0.254 e. The Balaban J connectivity index is 1.39. The fourth-order valence-corrected chi connectivity index (χ4v) is 3.20. The Morgan fingerprint density at radius 2 is 1.67 bits per heavy atom. The Bertz CT molecular complexity index is 777. The zero-order chi connectivity index (χ0) is 19.1. The molecule has 0 aromatic heterocycles. The largest absolute Gasteiger partial charge is 0.297 e. The summed E-state index contributed by atoms with van der Waals surface area (Å²) in [6, 6.07) is 16.7. The van der Waals surface area contributed by atoms with Gasteiger partial charge in [-0.05, 0) is 30.5 Å². The van der Waals surface area contributed by atoms with E-state index in [1.54, 1.807) is 6.21 Å². The highest BCUT2D eigenvalue weighted by atomic mass is 16.2. The van der Waals surface area contributed by atoms with Crippen molar-refractivity contribution in [3.05, 3.63) is 70.8 Å². The second-order valence-electron chi connectivity index (χ2n) is 7.19. The highest BCUT2D eigenvalue weighted by Gasteiger charge is 2.18. The van der Waals surface area contributed by atoms with E-state index in [0.29, 0.717) is 6.54 Å². The lowest BCUT2D eigenvalue weighted by Gasteiger charge is -2.34. The van der Waals surface area contributed by atoms with E-state index in [1.165, 1.54) is 11.1 Å². The maximum Gasteiger partial charge on any atom is 0.254 e. The summed E-state index contributed by atoms with van der Waals surface area (Å²) in [5.74, 6) is -0.0631. The molecule has 27 heavy (non-hydrogen) atoms. The number of hydrogen-bond acceptors (Lipinski definition) is 4. The summed E-state index contributed by atoms with van der Waals surface area (Å²) in [6.45, 7) is 9.27. The molecule has 5 nitrogen and oxygen atoms in total. The molecule has 1 aliphatic heterocycles. The molecule has 2 aromatic rings. The highest BCUT2D eigenvalue weighted by Crippen LogP contribution is 2.09. The van der Waals surface area contributed by atoms with Crippen LogP contribution in [0.3, 0.4) is 0 Å². The maximum absolute atomic E-state index is 12.1. The average Bonchev–Trinajstić information content (AvgIpc) is 2.67. The van der Waals surface area contributed by atoms with Crippen LogP contribution in [-0.4, -0.2) is 54.6 Å². The molecule has 3 rings (SSSR count). The van der Waals surface area contributed by atoms with E-state index >= 15 is 0 Å². The third-order valence-corrected chi connectivity index (χ3v) is 4.94. The van der Waals surface area contributed by atoms with E-state index in [0.717, 1.165) is 43.9 Å². The number of aryl methyl sites for hydroxylation is 2. The molecule has 1 fully saturated rings. The Morgan fingerprint density at radius 3 is 2.37 bits per heavy atom. The van der Waals surface area contributed by atoms with Crippen molar-refractivity contribution in [2.75, 3.05) is 32.7 Å². The summed E-state index contributed by atoms with van der Waals surface area (Å²) in [5, 5.41) is 4.08. The number of nitrogens with one attached hydrogen (secondary N) is 1. The van der Waals surface area contributed by atoms with Gasteiger partial charge in [-0.25, -0.2) is 5.43 Å². The Morgan fingerprint density at radius 1 is 1.00 bits per heavy atom. The zero-order valence-corrected chi connectivity index (χ0v) is 16.2. The molecule has 0 unspecified atom stereocenters. The Hall–Kier alpha value is -2.50. The van der Waals surface area contributed by atoms with Crippen LogP contribution in [0, 0.1) is 13.8 Å². The van der Waals surface area contributed by atoms with Crippen LogP contribution in [0.25, 0.3) is 0 Å². The molecule has 1 heterocycles. The minimum Gasteiger partial charge on any atom is -0.297 e. The van der Waals surface area contributed by atoms with Crippen molar-refractivity contribution in [2.24, 2.45) is 5.10 Å². The molecule has 1 aliphatic rings. The van der Waals surface area contributed by atoms with Crippen LogP contribution in [0.1, 0.15) is 22.3 Å². The molecule has 0 atom stereocenters. The van der Waals surface area contributed by atoms with Gasteiger partial charge in [0.15, 0.2) is 0 Å². The third-order valence-electron chi connectivity index (χ3n) is 4.94. The first-order chi connectivity index (χ1) is 13.1. The summed E-state index contributed by atoms with van der Waals surface area (Å²) in [4.78, 5) is 16.7. The van der Waals surface area contributed by atoms with Crippen LogP contribution in [-0.2, 0) is 11.3 Å². The van der Waals surface area contributed by atoms with E-state index in [2.05, 4.69) is 51.5 Å². The SMILES string of the molecule is Cc1ccc(CN2CCN(CC(=O)N/N=C\c3ccccc3C)CC2)cc1. The van der Waals surface area contributed by atoms with Gasteiger partial charge in [-0.15, -0.1) is 0 Å². The summed E-state index contributed by atoms with van der Waals surface area (Å²) in [6.07, 6.45) is 1.70. The van der Waals surface area contributed by atoms with Crippen molar-refractivity contribution in [1.29, 1.82) is 0 Å². The summed E-state index contributed by atoms with van der Waals surface area (Å²) in [5.41, 5.74) is 7.43. The number of hydrazone groups is 1. The van der Waals surface area contributed by atoms with Crippen molar-refractivity contribution in [3.63, 3.8) is 0 Å². The number of piperazine rings is 1. The van der Waals surface area contributed by atoms with Crippen LogP contribution in [0.5, 0.6) is 0 Å². The number of hydrogen-bond donors (Lipinski definition) is 1. The second kappa shape index (κ2) is 9.44. The quantitative estimate of drug-likeness (QED) is 0.633. The Kier molecular flexibility index (Phi) is 6.74. The molecule has 1 amide bonds. The molecular weight excluding hydrogens is 336 g/mol. The van der Waals surface area contributed by atoms with Crippen LogP contribution < -0.4 is 5.43 Å². The Labute approximate surface area is 161 Å². The van der Waals surface area contributed by atoms with Gasteiger partial charge in [-0.1, -0.05) is 54.1 Å². The molecule has 2 aromatic carbocycles. The fourth-order valence-electron chi connectivity index (χ4n) is 3.20. The van der Waals surface area contributed by atoms with Gasteiger partial charge < -0.3 is 0 Å². The van der Waals surface area contributed by atoms with Gasteiger partial charge in [0.1, 0.15) is 0 Å². The minimum atomic E-state index is -0.0631. The minimum absolute atomic E-state index is 0.0631. The van der Waals surface area contributed by atoms with Crippen molar-refractivity contribution < 1.29 is 4.79 Å². The summed E-state index contributed by atoms with van der Waals surface area (Å²) >= 11 is 0. The third kappa shape index (κ3) is 6.01. The van der Waals surface area contributed by atoms with Crippen molar-refractivity contribution in [2.45, 2.75) is 20.4 Å². The lowest BCUT2D eigenvalue weighted by atomic mass is 10.1. The monoisotopic (exact) mass is 364 g/mol. The van der Waals surface area contributed by atoms with Gasteiger partial charge in [-0.3, -0.25) is 14.6 Å². The molecular formula is C22H28N4O. The second-order valence-corrected chi connectivity index (χ2v) is 7.19. The molecule has 0 saturated carbocycles. The first-order valence-corrected chi connectivity index (χ1v) is 9.48. The molecule has 0 spiro atoms. The molecule has 0 radical (unpaired) electrons.